The van der Waals surface area contributed by atoms with Crippen molar-refractivity contribution in [2.45, 2.75) is 25.9 Å². The van der Waals surface area contributed by atoms with Gasteiger partial charge < -0.3 is 15.0 Å². The maximum Gasteiger partial charge on any atom is 0.332 e. The maximum absolute atomic E-state index is 13.4. The van der Waals surface area contributed by atoms with Crippen LogP contribution in [0.1, 0.15) is 17.5 Å². The molecule has 8 heteroatoms. The van der Waals surface area contributed by atoms with Gasteiger partial charge in [-0.3, -0.25) is 9.59 Å². The fraction of sp³-hybridized carbons (Fsp3) is 0.192. The van der Waals surface area contributed by atoms with Crippen LogP contribution >= 0.6 is 0 Å². The molecule has 3 aromatic rings. The van der Waals surface area contributed by atoms with Gasteiger partial charge in [0.25, 0.3) is 5.91 Å². The highest BCUT2D eigenvalue weighted by Gasteiger charge is 2.46. The first-order chi connectivity index (χ1) is 16.4. The predicted octanol–water partition coefficient (Wildman–Crippen LogP) is 4.51. The minimum absolute atomic E-state index is 0.0632. The Morgan fingerprint density at radius 3 is 2.24 bits per heavy atom. The molecule has 1 atom stereocenters. The topological polar surface area (TPSA) is 79.0 Å². The van der Waals surface area contributed by atoms with E-state index in [1.54, 1.807) is 55.6 Å². The summed E-state index contributed by atoms with van der Waals surface area (Å²) in [7, 11) is 1.55. The summed E-state index contributed by atoms with van der Waals surface area (Å²) in [5.41, 5.74) is 2.61. The van der Waals surface area contributed by atoms with E-state index >= 15 is 0 Å². The van der Waals surface area contributed by atoms with Crippen molar-refractivity contribution >= 4 is 29.2 Å². The molecular weight excluding hydrogens is 437 g/mol. The van der Waals surface area contributed by atoms with Crippen LogP contribution in [0.4, 0.5) is 20.6 Å². The summed E-state index contributed by atoms with van der Waals surface area (Å²) >= 11 is 0. The van der Waals surface area contributed by atoms with Gasteiger partial charge in [0.1, 0.15) is 17.6 Å². The molecule has 1 aliphatic rings. The van der Waals surface area contributed by atoms with Crippen molar-refractivity contribution < 1.29 is 23.5 Å². The summed E-state index contributed by atoms with van der Waals surface area (Å²) in [4.78, 5) is 41.9. The molecule has 1 fully saturated rings. The van der Waals surface area contributed by atoms with Crippen LogP contribution in [0.5, 0.6) is 5.75 Å². The van der Waals surface area contributed by atoms with Crippen molar-refractivity contribution in [3.05, 3.63) is 89.7 Å². The molecule has 1 aliphatic heterocycles. The normalized spacial score (nSPS) is 15.6. The number of carbonyl (C=O) groups is 3. The molecule has 0 unspecified atom stereocenters. The number of rotatable bonds is 7. The number of urea groups is 1. The monoisotopic (exact) mass is 461 g/mol. The van der Waals surface area contributed by atoms with Gasteiger partial charge in [0.05, 0.1) is 19.2 Å². The van der Waals surface area contributed by atoms with Gasteiger partial charge in [-0.25, -0.2) is 14.1 Å². The highest BCUT2D eigenvalue weighted by molar-refractivity contribution is 6.22. The van der Waals surface area contributed by atoms with Gasteiger partial charge in [0.15, 0.2) is 0 Å². The number of ether oxygens (including phenoxy) is 1. The van der Waals surface area contributed by atoms with Crippen LogP contribution in [0, 0.1) is 12.7 Å². The van der Waals surface area contributed by atoms with E-state index in [0.29, 0.717) is 22.7 Å². The van der Waals surface area contributed by atoms with Crippen molar-refractivity contribution in [1.82, 2.24) is 4.90 Å². The molecule has 0 saturated carbocycles. The van der Waals surface area contributed by atoms with Gasteiger partial charge in [-0.05, 0) is 61.0 Å². The molecule has 0 radical (unpaired) electrons. The highest BCUT2D eigenvalue weighted by Crippen LogP contribution is 2.29. The number of amides is 4. The Bertz CT molecular complexity index is 1190. The minimum atomic E-state index is -1.00. The summed E-state index contributed by atoms with van der Waals surface area (Å²) in [5.74, 6) is -0.648. The SMILES string of the molecule is COc1ccc(NC(=O)C[C@@H]2C(=O)N(c3ccc(C)cc3)C(=O)N2Cc2ccc(F)cc2)cc1. The lowest BCUT2D eigenvalue weighted by atomic mass is 10.1. The number of benzene rings is 3. The van der Waals surface area contributed by atoms with Gasteiger partial charge in [-0.1, -0.05) is 29.8 Å². The number of aryl methyl sites for hydroxylation is 1. The van der Waals surface area contributed by atoms with E-state index in [9.17, 15) is 18.8 Å². The van der Waals surface area contributed by atoms with E-state index in [-0.39, 0.29) is 13.0 Å². The average molecular weight is 461 g/mol. The summed E-state index contributed by atoms with van der Waals surface area (Å²) in [5, 5.41) is 2.76. The second-order valence-electron chi connectivity index (χ2n) is 8.04. The van der Waals surface area contributed by atoms with E-state index in [1.165, 1.54) is 17.0 Å². The van der Waals surface area contributed by atoms with E-state index in [4.69, 9.17) is 4.74 Å². The van der Waals surface area contributed by atoms with Crippen molar-refractivity contribution in [3.63, 3.8) is 0 Å². The maximum atomic E-state index is 13.4. The zero-order chi connectivity index (χ0) is 24.2. The third-order valence-corrected chi connectivity index (χ3v) is 5.63. The molecular formula is C26H24FN3O4. The number of imide groups is 1. The first-order valence-corrected chi connectivity index (χ1v) is 10.8. The number of nitrogens with one attached hydrogen (secondary N) is 1. The molecule has 0 aliphatic carbocycles. The number of methoxy groups -OCH3 is 1. The first kappa shape index (κ1) is 23.0. The largest absolute Gasteiger partial charge is 0.497 e. The Balaban J connectivity index is 1.58. The van der Waals surface area contributed by atoms with Crippen molar-refractivity contribution in [1.29, 1.82) is 0 Å². The van der Waals surface area contributed by atoms with Gasteiger partial charge in [0, 0.05) is 12.2 Å². The Morgan fingerprint density at radius 1 is 0.971 bits per heavy atom. The number of hydrogen-bond acceptors (Lipinski definition) is 4. The Kier molecular flexibility index (Phi) is 6.58. The lowest BCUT2D eigenvalue weighted by Crippen LogP contribution is -2.37. The standard InChI is InChI=1S/C26H24FN3O4/c1-17-3-11-21(12-4-17)30-25(32)23(15-24(31)28-20-9-13-22(34-2)14-10-20)29(26(30)33)16-18-5-7-19(27)8-6-18/h3-14,23H,15-16H2,1-2H3,(H,28,31)/t23-/m1/s1. The summed E-state index contributed by atoms with van der Waals surface area (Å²) in [6.07, 6.45) is -0.222. The van der Waals surface area contributed by atoms with Crippen LogP contribution in [0.3, 0.4) is 0 Å². The van der Waals surface area contributed by atoms with E-state index in [2.05, 4.69) is 5.32 Å². The van der Waals surface area contributed by atoms with Crippen LogP contribution in [0.15, 0.2) is 72.8 Å². The smallest absolute Gasteiger partial charge is 0.332 e. The van der Waals surface area contributed by atoms with Crippen molar-refractivity contribution in [2.24, 2.45) is 0 Å². The molecule has 0 bridgehead atoms. The van der Waals surface area contributed by atoms with E-state index < -0.39 is 29.7 Å². The lowest BCUT2D eigenvalue weighted by molar-refractivity contribution is -0.124. The van der Waals surface area contributed by atoms with Crippen LogP contribution in [-0.2, 0) is 16.1 Å². The van der Waals surface area contributed by atoms with E-state index in [0.717, 1.165) is 10.5 Å². The number of carbonyl (C=O) groups excluding carboxylic acids is 3. The average Bonchev–Trinajstić information content (AvgIpc) is 3.05. The van der Waals surface area contributed by atoms with Crippen LogP contribution in [0.25, 0.3) is 0 Å². The number of nitrogens with zero attached hydrogens (tertiary/aromatic N) is 2. The Hall–Kier alpha value is -4.20. The molecule has 0 spiro atoms. The van der Waals surface area contributed by atoms with Gasteiger partial charge in [-0.2, -0.15) is 0 Å². The Morgan fingerprint density at radius 2 is 1.62 bits per heavy atom. The second-order valence-corrected chi connectivity index (χ2v) is 8.04. The zero-order valence-electron chi connectivity index (χ0n) is 18.8. The molecule has 1 N–H and O–H groups in total. The zero-order valence-corrected chi connectivity index (χ0v) is 18.8. The minimum Gasteiger partial charge on any atom is -0.497 e. The molecule has 34 heavy (non-hydrogen) atoms. The molecule has 174 valence electrons. The fourth-order valence-corrected chi connectivity index (χ4v) is 3.79. The van der Waals surface area contributed by atoms with Gasteiger partial charge in [-0.15, -0.1) is 0 Å². The van der Waals surface area contributed by atoms with Crippen molar-refractivity contribution in [3.8, 4) is 5.75 Å². The molecule has 0 aromatic heterocycles. The molecule has 1 saturated heterocycles. The fourth-order valence-electron chi connectivity index (χ4n) is 3.79. The number of halogens is 1. The van der Waals surface area contributed by atoms with E-state index in [1.807, 2.05) is 19.1 Å². The quantitative estimate of drug-likeness (QED) is 0.525. The Labute approximate surface area is 196 Å². The number of anilines is 2. The van der Waals surface area contributed by atoms with Gasteiger partial charge in [0.2, 0.25) is 5.91 Å². The summed E-state index contributed by atoms with van der Waals surface area (Å²) in [6, 6.07) is 18.0. The second kappa shape index (κ2) is 9.74. The van der Waals surface area contributed by atoms with Crippen LogP contribution in [0.2, 0.25) is 0 Å². The van der Waals surface area contributed by atoms with Crippen molar-refractivity contribution in [2.75, 3.05) is 17.3 Å². The molecule has 3 aromatic carbocycles. The molecule has 4 rings (SSSR count). The predicted molar refractivity (Wildman–Crippen MR) is 126 cm³/mol. The third-order valence-electron chi connectivity index (χ3n) is 5.63. The molecule has 7 nitrogen and oxygen atoms in total. The first-order valence-electron chi connectivity index (χ1n) is 10.8. The highest BCUT2D eigenvalue weighted by atomic mass is 19.1. The number of hydrogen-bond donors (Lipinski definition) is 1. The van der Waals surface area contributed by atoms with Crippen LogP contribution in [-0.4, -0.2) is 35.9 Å². The summed E-state index contributed by atoms with van der Waals surface area (Å²) in [6.45, 7) is 1.97. The third kappa shape index (κ3) is 4.91. The van der Waals surface area contributed by atoms with Gasteiger partial charge >= 0.3 is 6.03 Å². The lowest BCUT2D eigenvalue weighted by Gasteiger charge is -2.21. The molecule has 1 heterocycles. The summed E-state index contributed by atoms with van der Waals surface area (Å²) < 4.78 is 18.5. The van der Waals surface area contributed by atoms with Crippen LogP contribution < -0.4 is 15.0 Å². The molecule has 4 amide bonds.